The largest absolute Gasteiger partial charge is 0.345 e. The first-order valence-corrected chi connectivity index (χ1v) is 7.03. The van der Waals surface area contributed by atoms with Crippen LogP contribution in [0.4, 0.5) is 11.4 Å². The number of fused-ring (bicyclic) bond motifs is 2. The zero-order chi connectivity index (χ0) is 14.7. The third kappa shape index (κ3) is 1.56. The molecule has 3 rings (SSSR count). The molecule has 3 nitrogen and oxygen atoms in total. The molecule has 2 aliphatic heterocycles. The van der Waals surface area contributed by atoms with Gasteiger partial charge in [-0.15, -0.1) is 0 Å². The Balaban J connectivity index is 2.28. The van der Waals surface area contributed by atoms with Gasteiger partial charge >= 0.3 is 0 Å². The first-order valence-electron chi connectivity index (χ1n) is 7.03. The second-order valence-electron chi connectivity index (χ2n) is 6.00. The molecule has 20 heavy (non-hydrogen) atoms. The maximum atomic E-state index is 4.61. The molecule has 0 aromatic heterocycles. The Kier molecular flexibility index (Phi) is 2.58. The molecular formula is C17H21N3. The molecular weight excluding hydrogens is 246 g/mol. The second-order valence-corrected chi connectivity index (χ2v) is 6.00. The summed E-state index contributed by atoms with van der Waals surface area (Å²) in [7, 11) is 0. The van der Waals surface area contributed by atoms with Gasteiger partial charge in [0.2, 0.25) is 0 Å². The van der Waals surface area contributed by atoms with Crippen LogP contribution in [0.5, 0.6) is 0 Å². The molecule has 0 radical (unpaired) electrons. The summed E-state index contributed by atoms with van der Waals surface area (Å²) in [4.78, 5) is 6.90. The fourth-order valence-electron chi connectivity index (χ4n) is 3.13. The highest BCUT2D eigenvalue weighted by molar-refractivity contribution is 5.97. The molecule has 1 aromatic rings. The standard InChI is InChI=1S/C17H21N3/c1-7-20-11(3)17(5,6)14-9-15-13(8-16(14)20)10(2)18-12(4)19-15/h8-9H,2-3,7H2,1,4-6H3,(H,18,19). The topological polar surface area (TPSA) is 27.6 Å². The summed E-state index contributed by atoms with van der Waals surface area (Å²) in [5.74, 6) is 0.893. The minimum absolute atomic E-state index is 0.0456. The van der Waals surface area contributed by atoms with Crippen LogP contribution in [0.1, 0.15) is 38.8 Å². The fraction of sp³-hybridized carbons (Fsp3) is 0.353. The Bertz CT molecular complexity index is 665. The van der Waals surface area contributed by atoms with E-state index < -0.39 is 0 Å². The Labute approximate surface area is 120 Å². The molecule has 0 bridgehead atoms. The van der Waals surface area contributed by atoms with E-state index in [2.05, 4.69) is 61.3 Å². The van der Waals surface area contributed by atoms with E-state index in [1.807, 2.05) is 6.92 Å². The van der Waals surface area contributed by atoms with Gasteiger partial charge in [0, 0.05) is 34.6 Å². The number of benzene rings is 1. The lowest BCUT2D eigenvalue weighted by Gasteiger charge is -2.24. The van der Waals surface area contributed by atoms with Crippen LogP contribution in [0.3, 0.4) is 0 Å². The number of likely N-dealkylation sites (N-methyl/N-ethyl adjacent to an activating group) is 1. The van der Waals surface area contributed by atoms with Crippen molar-refractivity contribution >= 4 is 22.9 Å². The van der Waals surface area contributed by atoms with Crippen LogP contribution < -0.4 is 10.2 Å². The third-order valence-corrected chi connectivity index (χ3v) is 4.39. The molecule has 0 unspecified atom stereocenters. The van der Waals surface area contributed by atoms with Crippen LogP contribution in [0.25, 0.3) is 5.70 Å². The highest BCUT2D eigenvalue weighted by Crippen LogP contribution is 2.49. The van der Waals surface area contributed by atoms with E-state index >= 15 is 0 Å². The molecule has 104 valence electrons. The molecule has 2 heterocycles. The molecule has 1 aromatic carbocycles. The van der Waals surface area contributed by atoms with Gasteiger partial charge < -0.3 is 10.2 Å². The van der Waals surface area contributed by atoms with E-state index in [0.29, 0.717) is 0 Å². The number of hydrogen-bond donors (Lipinski definition) is 1. The van der Waals surface area contributed by atoms with Crippen molar-refractivity contribution in [3.63, 3.8) is 0 Å². The number of anilines is 1. The lowest BCUT2D eigenvalue weighted by Crippen LogP contribution is -2.24. The molecule has 0 saturated heterocycles. The van der Waals surface area contributed by atoms with Crippen LogP contribution in [0.15, 0.2) is 36.0 Å². The third-order valence-electron chi connectivity index (χ3n) is 4.39. The summed E-state index contributed by atoms with van der Waals surface area (Å²) in [6.07, 6.45) is 0. The lowest BCUT2D eigenvalue weighted by atomic mass is 9.83. The molecule has 0 fully saturated rings. The van der Waals surface area contributed by atoms with E-state index in [4.69, 9.17) is 0 Å². The molecule has 0 spiro atoms. The van der Waals surface area contributed by atoms with Crippen molar-refractivity contribution in [1.82, 2.24) is 5.32 Å². The van der Waals surface area contributed by atoms with Crippen molar-refractivity contribution in [2.24, 2.45) is 4.99 Å². The number of allylic oxidation sites excluding steroid dienone is 1. The summed E-state index contributed by atoms with van der Waals surface area (Å²) in [6.45, 7) is 17.9. The quantitative estimate of drug-likeness (QED) is 0.834. The molecule has 1 N–H and O–H groups in total. The zero-order valence-corrected chi connectivity index (χ0v) is 12.7. The van der Waals surface area contributed by atoms with E-state index in [0.717, 1.165) is 35.0 Å². The maximum Gasteiger partial charge on any atom is 0.103 e. The number of aliphatic imine (C=N–C) groups is 1. The molecule has 0 amide bonds. The van der Waals surface area contributed by atoms with Crippen LogP contribution in [-0.4, -0.2) is 12.4 Å². The maximum absolute atomic E-state index is 4.61. The van der Waals surface area contributed by atoms with Gasteiger partial charge in [-0.1, -0.05) is 27.0 Å². The first kappa shape index (κ1) is 13.0. The van der Waals surface area contributed by atoms with Gasteiger partial charge in [0.05, 0.1) is 5.69 Å². The van der Waals surface area contributed by atoms with Crippen LogP contribution in [0.2, 0.25) is 0 Å². The van der Waals surface area contributed by atoms with Crippen molar-refractivity contribution in [2.45, 2.75) is 33.1 Å². The molecule has 0 atom stereocenters. The average molecular weight is 267 g/mol. The van der Waals surface area contributed by atoms with E-state index in [1.165, 1.54) is 11.3 Å². The zero-order valence-electron chi connectivity index (χ0n) is 12.7. The highest BCUT2D eigenvalue weighted by Gasteiger charge is 2.39. The summed E-state index contributed by atoms with van der Waals surface area (Å²) in [5, 5.41) is 3.21. The van der Waals surface area contributed by atoms with Crippen molar-refractivity contribution in [2.75, 3.05) is 11.4 Å². The number of rotatable bonds is 1. The van der Waals surface area contributed by atoms with Crippen molar-refractivity contribution in [3.05, 3.63) is 42.1 Å². The SMILES string of the molecule is C=C1NC(C)=Nc2cc3c(cc21)N(CC)C(=C)C3(C)C. The molecule has 3 heteroatoms. The average Bonchev–Trinajstić information content (AvgIpc) is 2.56. The lowest BCUT2D eigenvalue weighted by molar-refractivity contribution is 0.636. The van der Waals surface area contributed by atoms with Crippen LogP contribution >= 0.6 is 0 Å². The number of nitrogens with one attached hydrogen (secondary N) is 1. The predicted octanol–water partition coefficient (Wildman–Crippen LogP) is 3.94. The number of amidine groups is 1. The predicted molar refractivity (Wildman–Crippen MR) is 86.6 cm³/mol. The Morgan fingerprint density at radius 1 is 1.30 bits per heavy atom. The fourth-order valence-corrected chi connectivity index (χ4v) is 3.13. The highest BCUT2D eigenvalue weighted by atomic mass is 15.2. The summed E-state index contributed by atoms with van der Waals surface area (Å²) >= 11 is 0. The Morgan fingerprint density at radius 2 is 2.00 bits per heavy atom. The van der Waals surface area contributed by atoms with E-state index in [9.17, 15) is 0 Å². The van der Waals surface area contributed by atoms with Gasteiger partial charge in [-0.2, -0.15) is 0 Å². The van der Waals surface area contributed by atoms with Crippen molar-refractivity contribution < 1.29 is 0 Å². The van der Waals surface area contributed by atoms with Gasteiger partial charge in [0.15, 0.2) is 0 Å². The van der Waals surface area contributed by atoms with Gasteiger partial charge in [-0.3, -0.25) is 0 Å². The molecule has 0 saturated carbocycles. The van der Waals surface area contributed by atoms with Crippen LogP contribution in [-0.2, 0) is 5.41 Å². The Hall–Kier alpha value is -2.03. The van der Waals surface area contributed by atoms with Crippen molar-refractivity contribution in [1.29, 1.82) is 0 Å². The summed E-state index contributed by atoms with van der Waals surface area (Å²) in [5.41, 5.74) is 6.64. The minimum Gasteiger partial charge on any atom is -0.345 e. The van der Waals surface area contributed by atoms with Crippen molar-refractivity contribution in [3.8, 4) is 0 Å². The minimum atomic E-state index is -0.0456. The monoisotopic (exact) mass is 267 g/mol. The first-order chi connectivity index (χ1) is 9.36. The number of nitrogens with zero attached hydrogens (tertiary/aromatic N) is 2. The summed E-state index contributed by atoms with van der Waals surface area (Å²) in [6, 6.07) is 4.39. The van der Waals surface area contributed by atoms with Gasteiger partial charge in [0.25, 0.3) is 0 Å². The van der Waals surface area contributed by atoms with E-state index in [-0.39, 0.29) is 5.41 Å². The smallest absolute Gasteiger partial charge is 0.103 e. The van der Waals surface area contributed by atoms with Crippen LogP contribution in [0, 0.1) is 0 Å². The number of hydrogen-bond acceptors (Lipinski definition) is 3. The van der Waals surface area contributed by atoms with Gasteiger partial charge in [0.1, 0.15) is 5.84 Å². The summed E-state index contributed by atoms with van der Waals surface area (Å²) < 4.78 is 0. The normalized spacial score (nSPS) is 19.4. The van der Waals surface area contributed by atoms with Gasteiger partial charge in [-0.05, 0) is 31.5 Å². The van der Waals surface area contributed by atoms with E-state index in [1.54, 1.807) is 0 Å². The Morgan fingerprint density at radius 3 is 2.65 bits per heavy atom. The van der Waals surface area contributed by atoms with Gasteiger partial charge in [-0.25, -0.2) is 4.99 Å². The molecule has 2 aliphatic rings. The molecule has 0 aliphatic carbocycles. The second kappa shape index (κ2) is 3.98.